The second kappa shape index (κ2) is 4.78. The van der Waals surface area contributed by atoms with Gasteiger partial charge in [-0.2, -0.15) is 5.10 Å². The molecule has 0 fully saturated rings. The van der Waals surface area contributed by atoms with Crippen LogP contribution in [0.1, 0.15) is 12.1 Å². The van der Waals surface area contributed by atoms with E-state index < -0.39 is 0 Å². The first kappa shape index (κ1) is 12.6. The zero-order valence-electron chi connectivity index (χ0n) is 12.5. The molecule has 0 aliphatic carbocycles. The summed E-state index contributed by atoms with van der Waals surface area (Å²) in [7, 11) is 0. The van der Waals surface area contributed by atoms with Gasteiger partial charge in [0.25, 0.3) is 0 Å². The van der Waals surface area contributed by atoms with E-state index in [0.717, 1.165) is 53.2 Å². The van der Waals surface area contributed by atoms with E-state index in [2.05, 4.69) is 20.7 Å². The number of aryl methyl sites for hydroxylation is 1. The average Bonchev–Trinajstić information content (AvgIpc) is 3.28. The van der Waals surface area contributed by atoms with Crippen molar-refractivity contribution in [1.29, 1.82) is 0 Å². The van der Waals surface area contributed by atoms with Gasteiger partial charge in [0.15, 0.2) is 0 Å². The molecule has 0 saturated heterocycles. The highest BCUT2D eigenvalue weighted by Gasteiger charge is 2.26. The molecule has 0 amide bonds. The van der Waals surface area contributed by atoms with Gasteiger partial charge in [0, 0.05) is 12.7 Å². The van der Waals surface area contributed by atoms with Crippen LogP contribution in [0.3, 0.4) is 0 Å². The highest BCUT2D eigenvalue weighted by Crippen LogP contribution is 2.36. The van der Waals surface area contributed by atoms with Crippen LogP contribution in [0, 0.1) is 0 Å². The van der Waals surface area contributed by atoms with Gasteiger partial charge in [-0.25, -0.2) is 4.98 Å². The van der Waals surface area contributed by atoms with Crippen molar-refractivity contribution in [3.05, 3.63) is 54.4 Å². The number of nitrogens with zero attached hydrogens (tertiary/aromatic N) is 4. The number of rotatable bonds is 2. The van der Waals surface area contributed by atoms with Gasteiger partial charge in [-0.15, -0.1) is 0 Å². The Kier molecular flexibility index (Phi) is 2.61. The average molecular weight is 301 g/mol. The summed E-state index contributed by atoms with van der Waals surface area (Å²) in [5.74, 6) is 0.884. The lowest BCUT2D eigenvalue weighted by Crippen LogP contribution is -1.94. The maximum atomic E-state index is 4.80. The van der Waals surface area contributed by atoms with Crippen LogP contribution in [0.2, 0.25) is 0 Å². The molecule has 1 aromatic carbocycles. The Hall–Kier alpha value is -2.95. The molecule has 0 atom stereocenters. The lowest BCUT2D eigenvalue weighted by atomic mass is 10.1. The number of imidazole rings is 1. The second-order valence-electron chi connectivity index (χ2n) is 5.81. The summed E-state index contributed by atoms with van der Waals surface area (Å²) in [6, 6.07) is 14.0. The number of aromatic amines is 1. The smallest absolute Gasteiger partial charge is 0.142 e. The van der Waals surface area contributed by atoms with Crippen LogP contribution in [-0.4, -0.2) is 24.7 Å². The summed E-state index contributed by atoms with van der Waals surface area (Å²) in [4.78, 5) is 12.7. The molecular formula is C18H15N5. The van der Waals surface area contributed by atoms with Crippen molar-refractivity contribution in [2.24, 2.45) is 0 Å². The first-order valence-corrected chi connectivity index (χ1v) is 7.86. The number of fused-ring (bicyclic) bond motifs is 2. The van der Waals surface area contributed by atoms with Crippen molar-refractivity contribution in [2.75, 3.05) is 0 Å². The lowest BCUT2D eigenvalue weighted by Gasteiger charge is -2.01. The molecule has 1 aliphatic rings. The van der Waals surface area contributed by atoms with E-state index in [1.165, 1.54) is 5.69 Å². The van der Waals surface area contributed by atoms with Crippen molar-refractivity contribution in [2.45, 2.75) is 19.4 Å². The number of hydrogen-bond donors (Lipinski definition) is 1. The summed E-state index contributed by atoms with van der Waals surface area (Å²) >= 11 is 0. The molecule has 5 nitrogen and oxygen atoms in total. The highest BCUT2D eigenvalue weighted by molar-refractivity contribution is 5.84. The van der Waals surface area contributed by atoms with Crippen molar-refractivity contribution in [3.63, 3.8) is 0 Å². The topological polar surface area (TPSA) is 59.4 Å². The molecule has 4 heterocycles. The number of para-hydroxylation sites is 2. The minimum Gasteiger partial charge on any atom is -0.338 e. The van der Waals surface area contributed by atoms with Crippen LogP contribution in [0.25, 0.3) is 33.8 Å². The summed E-state index contributed by atoms with van der Waals surface area (Å²) in [6.07, 6.45) is 3.98. The van der Waals surface area contributed by atoms with E-state index in [1.807, 2.05) is 42.6 Å². The molecule has 0 bridgehead atoms. The Morgan fingerprint density at radius 2 is 1.96 bits per heavy atom. The van der Waals surface area contributed by atoms with E-state index in [-0.39, 0.29) is 0 Å². The minimum atomic E-state index is 0.884. The molecule has 0 unspecified atom stereocenters. The van der Waals surface area contributed by atoms with Gasteiger partial charge in [-0.1, -0.05) is 18.2 Å². The molecule has 112 valence electrons. The number of H-pyrrole nitrogens is 1. The second-order valence-corrected chi connectivity index (χ2v) is 5.81. The van der Waals surface area contributed by atoms with Crippen molar-refractivity contribution >= 4 is 11.0 Å². The van der Waals surface area contributed by atoms with Crippen LogP contribution in [0.5, 0.6) is 0 Å². The van der Waals surface area contributed by atoms with Crippen LogP contribution in [-0.2, 0) is 13.0 Å². The summed E-state index contributed by atoms with van der Waals surface area (Å²) in [5, 5.41) is 4.80. The lowest BCUT2D eigenvalue weighted by molar-refractivity contribution is 0.658. The van der Waals surface area contributed by atoms with Gasteiger partial charge in [-0.3, -0.25) is 9.67 Å². The Morgan fingerprint density at radius 1 is 1.04 bits per heavy atom. The van der Waals surface area contributed by atoms with E-state index in [9.17, 15) is 0 Å². The largest absolute Gasteiger partial charge is 0.338 e. The number of nitrogens with one attached hydrogen (secondary N) is 1. The Bertz CT molecular complexity index is 964. The van der Waals surface area contributed by atoms with Crippen LogP contribution in [0.4, 0.5) is 0 Å². The summed E-state index contributed by atoms with van der Waals surface area (Å²) in [5.41, 5.74) is 6.19. The maximum absolute atomic E-state index is 4.80. The maximum Gasteiger partial charge on any atom is 0.142 e. The zero-order chi connectivity index (χ0) is 15.2. The minimum absolute atomic E-state index is 0.884. The fraction of sp³-hybridized carbons (Fsp3) is 0.167. The monoisotopic (exact) mass is 301 g/mol. The van der Waals surface area contributed by atoms with Gasteiger partial charge in [0.1, 0.15) is 11.5 Å². The molecular weight excluding hydrogens is 286 g/mol. The quantitative estimate of drug-likeness (QED) is 0.617. The first-order valence-electron chi connectivity index (χ1n) is 7.86. The molecule has 0 saturated carbocycles. The zero-order valence-corrected chi connectivity index (χ0v) is 12.5. The van der Waals surface area contributed by atoms with Gasteiger partial charge in [-0.05, 0) is 37.1 Å². The van der Waals surface area contributed by atoms with Crippen LogP contribution < -0.4 is 0 Å². The normalized spacial score (nSPS) is 13.6. The SMILES string of the molecule is c1ccc(-c2nn3c(c2-c2nc4ccccc4[nH]2)CCC3)nc1. The Balaban J connectivity index is 1.78. The van der Waals surface area contributed by atoms with E-state index in [4.69, 9.17) is 10.1 Å². The molecule has 1 aliphatic heterocycles. The van der Waals surface area contributed by atoms with Gasteiger partial charge < -0.3 is 4.98 Å². The van der Waals surface area contributed by atoms with Gasteiger partial charge >= 0.3 is 0 Å². The van der Waals surface area contributed by atoms with Crippen molar-refractivity contribution in [3.8, 4) is 22.8 Å². The molecule has 5 rings (SSSR count). The summed E-state index contributed by atoms with van der Waals surface area (Å²) in [6.45, 7) is 0.968. The fourth-order valence-electron chi connectivity index (χ4n) is 3.33. The van der Waals surface area contributed by atoms with Crippen molar-refractivity contribution < 1.29 is 0 Å². The molecule has 1 N–H and O–H groups in total. The van der Waals surface area contributed by atoms with E-state index in [1.54, 1.807) is 0 Å². The highest BCUT2D eigenvalue weighted by atomic mass is 15.3. The third-order valence-electron chi connectivity index (χ3n) is 4.37. The van der Waals surface area contributed by atoms with Crippen LogP contribution >= 0.6 is 0 Å². The number of aromatic nitrogens is 5. The molecule has 4 aromatic rings. The number of hydrogen-bond acceptors (Lipinski definition) is 3. The fourth-order valence-corrected chi connectivity index (χ4v) is 3.33. The number of pyridine rings is 1. The Morgan fingerprint density at radius 3 is 2.83 bits per heavy atom. The predicted molar refractivity (Wildman–Crippen MR) is 88.9 cm³/mol. The molecule has 5 heteroatoms. The third-order valence-corrected chi connectivity index (χ3v) is 4.37. The molecule has 3 aromatic heterocycles. The van der Waals surface area contributed by atoms with Gasteiger partial charge in [0.2, 0.25) is 0 Å². The summed E-state index contributed by atoms with van der Waals surface area (Å²) < 4.78 is 2.10. The van der Waals surface area contributed by atoms with E-state index in [0.29, 0.717) is 0 Å². The third kappa shape index (κ3) is 1.90. The predicted octanol–water partition coefficient (Wildman–Crippen LogP) is 3.43. The standard InChI is InChI=1S/C18H15N5/c1-2-7-13-12(6-1)20-18(21-13)16-15-9-5-11-23(15)22-17(16)14-8-3-4-10-19-14/h1-4,6-8,10H,5,9,11H2,(H,20,21). The van der Waals surface area contributed by atoms with Gasteiger partial charge in [0.05, 0.1) is 28.0 Å². The molecule has 23 heavy (non-hydrogen) atoms. The number of benzene rings is 1. The molecule has 0 radical (unpaired) electrons. The Labute approximate surface area is 133 Å². The molecule has 0 spiro atoms. The van der Waals surface area contributed by atoms with E-state index >= 15 is 0 Å². The van der Waals surface area contributed by atoms with Crippen molar-refractivity contribution in [1.82, 2.24) is 24.7 Å². The first-order chi connectivity index (χ1) is 11.4. The van der Waals surface area contributed by atoms with Crippen LogP contribution in [0.15, 0.2) is 48.7 Å².